The van der Waals surface area contributed by atoms with Gasteiger partial charge in [-0.3, -0.25) is 4.79 Å². The van der Waals surface area contributed by atoms with Crippen molar-refractivity contribution in [1.29, 1.82) is 0 Å². The topological polar surface area (TPSA) is 20.3 Å². The molecule has 0 bridgehead atoms. The van der Waals surface area contributed by atoms with Crippen LogP contribution >= 0.6 is 0 Å². The van der Waals surface area contributed by atoms with Crippen LogP contribution in [-0.2, 0) is 10.2 Å². The first kappa shape index (κ1) is 13.2. The highest BCUT2D eigenvalue weighted by atomic mass is 16.1. The number of carbonyl (C=O) groups excluding carboxylic acids is 1. The Morgan fingerprint density at radius 1 is 1.20 bits per heavy atom. The summed E-state index contributed by atoms with van der Waals surface area (Å²) >= 11 is 0. The fourth-order valence-corrected chi connectivity index (χ4v) is 3.71. The number of benzene rings is 2. The van der Waals surface area contributed by atoms with E-state index in [-0.39, 0.29) is 17.2 Å². The van der Waals surface area contributed by atoms with Crippen LogP contribution in [0.3, 0.4) is 0 Å². The van der Waals surface area contributed by atoms with Crippen LogP contribution in [0.2, 0.25) is 0 Å². The third-order valence-corrected chi connectivity index (χ3v) is 4.71. The molecule has 1 aliphatic heterocycles. The zero-order valence-corrected chi connectivity index (χ0v) is 12.6. The van der Waals surface area contributed by atoms with Gasteiger partial charge >= 0.3 is 0 Å². The molecule has 0 amide bonds. The lowest BCUT2D eigenvalue weighted by molar-refractivity contribution is -0.117. The molecular formula is C18H21NO. The lowest BCUT2D eigenvalue weighted by Crippen LogP contribution is -2.40. The molecule has 104 valence electrons. The lowest BCUT2D eigenvalue weighted by atomic mass is 9.77. The average molecular weight is 267 g/mol. The second-order valence-corrected chi connectivity index (χ2v) is 6.44. The van der Waals surface area contributed by atoms with Crippen LogP contribution in [0, 0.1) is 0 Å². The van der Waals surface area contributed by atoms with Crippen LogP contribution in [0.5, 0.6) is 0 Å². The summed E-state index contributed by atoms with van der Waals surface area (Å²) in [5.74, 6) is 0.257. The van der Waals surface area contributed by atoms with Crippen molar-refractivity contribution in [3.8, 4) is 0 Å². The molecule has 0 radical (unpaired) electrons. The van der Waals surface area contributed by atoms with E-state index in [1.165, 1.54) is 22.0 Å². The van der Waals surface area contributed by atoms with Crippen LogP contribution in [-0.4, -0.2) is 18.9 Å². The van der Waals surface area contributed by atoms with Crippen molar-refractivity contribution in [3.05, 3.63) is 42.0 Å². The number of fused-ring (bicyclic) bond motifs is 3. The minimum atomic E-state index is -0.0172. The summed E-state index contributed by atoms with van der Waals surface area (Å²) in [5.41, 5.74) is 2.63. The Kier molecular flexibility index (Phi) is 2.86. The molecule has 2 aromatic carbocycles. The minimum Gasteiger partial charge on any atom is -0.370 e. The van der Waals surface area contributed by atoms with Crippen molar-refractivity contribution in [2.45, 2.75) is 38.6 Å². The van der Waals surface area contributed by atoms with Gasteiger partial charge in [0.05, 0.1) is 0 Å². The number of likely N-dealkylation sites (N-methyl/N-ethyl adjacent to an activating group) is 1. The van der Waals surface area contributed by atoms with Gasteiger partial charge in [0.15, 0.2) is 0 Å². The summed E-state index contributed by atoms with van der Waals surface area (Å²) in [6.07, 6.45) is 0.604. The quantitative estimate of drug-likeness (QED) is 0.822. The normalized spacial score (nSPS) is 20.2. The summed E-state index contributed by atoms with van der Waals surface area (Å²) < 4.78 is 0. The zero-order valence-electron chi connectivity index (χ0n) is 12.6. The minimum absolute atomic E-state index is 0.0172. The summed E-state index contributed by atoms with van der Waals surface area (Å²) in [4.78, 5) is 13.9. The number of nitrogens with zero attached hydrogens (tertiary/aromatic N) is 1. The molecule has 1 unspecified atom stereocenters. The van der Waals surface area contributed by atoms with Crippen LogP contribution in [0.15, 0.2) is 36.4 Å². The Balaban J connectivity index is 2.24. The fourth-order valence-electron chi connectivity index (χ4n) is 3.71. The maximum absolute atomic E-state index is 11.6. The predicted octanol–water partition coefficient (Wildman–Crippen LogP) is 3.91. The number of hydrogen-bond acceptors (Lipinski definition) is 2. The van der Waals surface area contributed by atoms with E-state index in [2.05, 4.69) is 62.2 Å². The number of hydrogen-bond donors (Lipinski definition) is 0. The van der Waals surface area contributed by atoms with Gasteiger partial charge in [0.1, 0.15) is 5.78 Å². The van der Waals surface area contributed by atoms with Crippen molar-refractivity contribution < 1.29 is 4.79 Å². The van der Waals surface area contributed by atoms with Gasteiger partial charge in [-0.2, -0.15) is 0 Å². The molecular weight excluding hydrogens is 246 g/mol. The van der Waals surface area contributed by atoms with Gasteiger partial charge in [-0.25, -0.2) is 0 Å². The SMILES string of the molecule is CC(=O)CC1N(C)c2ccc3ccccc3c2C1(C)C. The van der Waals surface area contributed by atoms with Crippen LogP contribution < -0.4 is 4.90 Å². The third kappa shape index (κ3) is 1.75. The van der Waals surface area contributed by atoms with Gasteiger partial charge in [0, 0.05) is 30.6 Å². The molecule has 0 spiro atoms. The van der Waals surface area contributed by atoms with E-state index in [0.717, 1.165) is 0 Å². The van der Waals surface area contributed by atoms with E-state index in [1.54, 1.807) is 6.92 Å². The maximum Gasteiger partial charge on any atom is 0.131 e. The van der Waals surface area contributed by atoms with Gasteiger partial charge < -0.3 is 4.90 Å². The summed E-state index contributed by atoms with van der Waals surface area (Å²) in [6.45, 7) is 6.20. The Bertz CT molecular complexity index is 687. The van der Waals surface area contributed by atoms with E-state index >= 15 is 0 Å². The zero-order chi connectivity index (χ0) is 14.5. The van der Waals surface area contributed by atoms with Gasteiger partial charge in [-0.1, -0.05) is 44.2 Å². The molecule has 0 saturated carbocycles. The largest absolute Gasteiger partial charge is 0.370 e. The summed E-state index contributed by atoms with van der Waals surface area (Å²) in [6, 6.07) is 13.1. The molecule has 2 aromatic rings. The number of ketones is 1. The average Bonchev–Trinajstić information content (AvgIpc) is 2.60. The highest BCUT2D eigenvalue weighted by molar-refractivity contribution is 5.93. The molecule has 20 heavy (non-hydrogen) atoms. The van der Waals surface area contributed by atoms with Crippen molar-refractivity contribution in [3.63, 3.8) is 0 Å². The first-order chi connectivity index (χ1) is 9.43. The molecule has 2 nitrogen and oxygen atoms in total. The Morgan fingerprint density at radius 2 is 1.90 bits per heavy atom. The highest BCUT2D eigenvalue weighted by Crippen LogP contribution is 2.48. The molecule has 0 saturated heterocycles. The molecule has 3 rings (SSSR count). The van der Waals surface area contributed by atoms with Crippen molar-refractivity contribution in [1.82, 2.24) is 0 Å². The van der Waals surface area contributed by atoms with E-state index in [9.17, 15) is 4.79 Å². The maximum atomic E-state index is 11.6. The number of carbonyl (C=O) groups is 1. The van der Waals surface area contributed by atoms with Crippen LogP contribution in [0.25, 0.3) is 10.8 Å². The fraction of sp³-hybridized carbons (Fsp3) is 0.389. The Morgan fingerprint density at radius 3 is 2.60 bits per heavy atom. The predicted molar refractivity (Wildman–Crippen MR) is 84.5 cm³/mol. The van der Waals surface area contributed by atoms with Crippen LogP contribution in [0.4, 0.5) is 5.69 Å². The number of rotatable bonds is 2. The first-order valence-corrected chi connectivity index (χ1v) is 7.17. The Hall–Kier alpha value is -1.83. The molecule has 1 atom stereocenters. The highest BCUT2D eigenvalue weighted by Gasteiger charge is 2.44. The monoisotopic (exact) mass is 267 g/mol. The van der Waals surface area contributed by atoms with Gasteiger partial charge in [0.25, 0.3) is 0 Å². The summed E-state index contributed by atoms with van der Waals surface area (Å²) in [5, 5.41) is 2.59. The molecule has 1 aliphatic rings. The molecule has 0 N–H and O–H groups in total. The van der Waals surface area contributed by atoms with Crippen molar-refractivity contribution in [2.24, 2.45) is 0 Å². The number of anilines is 1. The lowest BCUT2D eigenvalue weighted by Gasteiger charge is -2.31. The summed E-state index contributed by atoms with van der Waals surface area (Å²) in [7, 11) is 2.11. The van der Waals surface area contributed by atoms with Crippen molar-refractivity contribution >= 4 is 22.2 Å². The standard InChI is InChI=1S/C18H21NO/c1-12(20)11-16-18(2,3)17-14-8-6-5-7-13(14)9-10-15(17)19(16)4/h5-10,16H,11H2,1-4H3. The van der Waals surface area contributed by atoms with E-state index in [4.69, 9.17) is 0 Å². The number of Topliss-reactive ketones (excluding diaryl/α,β-unsaturated/α-hetero) is 1. The molecule has 0 fully saturated rings. The van der Waals surface area contributed by atoms with Gasteiger partial charge in [-0.15, -0.1) is 0 Å². The first-order valence-electron chi connectivity index (χ1n) is 7.17. The second kappa shape index (κ2) is 4.34. The van der Waals surface area contributed by atoms with Crippen molar-refractivity contribution in [2.75, 3.05) is 11.9 Å². The molecule has 0 aromatic heterocycles. The Labute approximate surface area is 120 Å². The van der Waals surface area contributed by atoms with E-state index in [0.29, 0.717) is 6.42 Å². The third-order valence-electron chi connectivity index (χ3n) is 4.71. The smallest absolute Gasteiger partial charge is 0.131 e. The van der Waals surface area contributed by atoms with E-state index < -0.39 is 0 Å². The van der Waals surface area contributed by atoms with Gasteiger partial charge in [0.2, 0.25) is 0 Å². The molecule has 1 heterocycles. The molecule has 2 heteroatoms. The second-order valence-electron chi connectivity index (χ2n) is 6.44. The molecule has 0 aliphatic carbocycles. The van der Waals surface area contributed by atoms with Gasteiger partial charge in [-0.05, 0) is 29.3 Å². The van der Waals surface area contributed by atoms with Crippen LogP contribution in [0.1, 0.15) is 32.8 Å². The van der Waals surface area contributed by atoms with E-state index in [1.807, 2.05) is 0 Å².